The molecule has 0 aromatic carbocycles. The number of nitrogens with one attached hydrogen (secondary N) is 1. The molecule has 1 amide bonds. The van der Waals surface area contributed by atoms with Gasteiger partial charge in [-0.05, 0) is 39.0 Å². The number of amides is 1. The normalized spacial score (nSPS) is 30.9. The highest BCUT2D eigenvalue weighted by Gasteiger charge is 2.47. The zero-order valence-corrected chi connectivity index (χ0v) is 10.4. The highest BCUT2D eigenvalue weighted by molar-refractivity contribution is 5.84. The SMILES string of the molecule is CCC(C)(C)NC(=O)C1(CN)CC(C)C1. The van der Waals surface area contributed by atoms with Gasteiger partial charge in [-0.2, -0.15) is 0 Å². The van der Waals surface area contributed by atoms with Gasteiger partial charge in [0.2, 0.25) is 5.91 Å². The lowest BCUT2D eigenvalue weighted by atomic mass is 9.62. The van der Waals surface area contributed by atoms with Crippen LogP contribution in [-0.2, 0) is 4.79 Å². The number of hydrogen-bond donors (Lipinski definition) is 2. The van der Waals surface area contributed by atoms with E-state index in [1.807, 2.05) is 0 Å². The molecule has 88 valence electrons. The summed E-state index contributed by atoms with van der Waals surface area (Å²) in [4.78, 5) is 12.1. The molecule has 0 saturated heterocycles. The molecule has 1 saturated carbocycles. The molecule has 0 heterocycles. The van der Waals surface area contributed by atoms with Gasteiger partial charge in [0.1, 0.15) is 0 Å². The molecule has 0 aromatic heterocycles. The second-order valence-corrected chi connectivity index (χ2v) is 5.69. The maximum atomic E-state index is 12.1. The Morgan fingerprint density at radius 1 is 1.53 bits per heavy atom. The van der Waals surface area contributed by atoms with Crippen molar-refractivity contribution in [1.29, 1.82) is 0 Å². The second-order valence-electron chi connectivity index (χ2n) is 5.69. The first kappa shape index (κ1) is 12.5. The van der Waals surface area contributed by atoms with Crippen molar-refractivity contribution in [2.75, 3.05) is 6.54 Å². The van der Waals surface area contributed by atoms with E-state index in [1.165, 1.54) is 0 Å². The first-order chi connectivity index (χ1) is 6.85. The fourth-order valence-corrected chi connectivity index (χ4v) is 2.25. The summed E-state index contributed by atoms with van der Waals surface area (Å²) in [6.45, 7) is 8.84. The minimum absolute atomic E-state index is 0.113. The van der Waals surface area contributed by atoms with Crippen LogP contribution >= 0.6 is 0 Å². The van der Waals surface area contributed by atoms with Crippen molar-refractivity contribution in [1.82, 2.24) is 5.32 Å². The predicted molar refractivity (Wildman–Crippen MR) is 62.4 cm³/mol. The lowest BCUT2D eigenvalue weighted by molar-refractivity contribution is -0.139. The molecule has 1 rings (SSSR count). The number of carbonyl (C=O) groups is 1. The summed E-state index contributed by atoms with van der Waals surface area (Å²) in [5, 5.41) is 3.10. The lowest BCUT2D eigenvalue weighted by Gasteiger charge is -2.45. The van der Waals surface area contributed by atoms with Gasteiger partial charge in [0, 0.05) is 12.1 Å². The van der Waals surface area contributed by atoms with Crippen molar-refractivity contribution in [2.45, 2.75) is 52.5 Å². The van der Waals surface area contributed by atoms with Gasteiger partial charge < -0.3 is 11.1 Å². The van der Waals surface area contributed by atoms with E-state index in [1.54, 1.807) is 0 Å². The zero-order valence-electron chi connectivity index (χ0n) is 10.4. The van der Waals surface area contributed by atoms with Crippen LogP contribution in [0.25, 0.3) is 0 Å². The van der Waals surface area contributed by atoms with Gasteiger partial charge >= 0.3 is 0 Å². The molecule has 1 aliphatic carbocycles. The van der Waals surface area contributed by atoms with E-state index in [0.29, 0.717) is 12.5 Å². The van der Waals surface area contributed by atoms with E-state index in [-0.39, 0.29) is 16.9 Å². The topological polar surface area (TPSA) is 55.1 Å². The molecule has 3 N–H and O–H groups in total. The van der Waals surface area contributed by atoms with Crippen LogP contribution in [0.15, 0.2) is 0 Å². The molecule has 0 unspecified atom stereocenters. The minimum atomic E-state index is -0.272. The predicted octanol–water partition coefficient (Wildman–Crippen LogP) is 1.67. The van der Waals surface area contributed by atoms with Crippen molar-refractivity contribution < 1.29 is 4.79 Å². The highest BCUT2D eigenvalue weighted by atomic mass is 16.2. The average Bonchev–Trinajstić information content (AvgIpc) is 2.11. The summed E-state index contributed by atoms with van der Waals surface area (Å²) in [5.41, 5.74) is 5.35. The van der Waals surface area contributed by atoms with Crippen LogP contribution in [0.5, 0.6) is 0 Å². The van der Waals surface area contributed by atoms with E-state index in [4.69, 9.17) is 5.73 Å². The molecule has 0 spiro atoms. The standard InChI is InChI=1S/C12H24N2O/c1-5-11(3,4)14-10(15)12(8-13)6-9(2)7-12/h9H,5-8,13H2,1-4H3,(H,14,15). The molecule has 0 radical (unpaired) electrons. The van der Waals surface area contributed by atoms with Gasteiger partial charge in [-0.15, -0.1) is 0 Å². The molecule has 1 fully saturated rings. The maximum Gasteiger partial charge on any atom is 0.227 e. The fourth-order valence-electron chi connectivity index (χ4n) is 2.25. The molecule has 15 heavy (non-hydrogen) atoms. The largest absolute Gasteiger partial charge is 0.351 e. The number of hydrogen-bond acceptors (Lipinski definition) is 2. The van der Waals surface area contributed by atoms with Crippen LogP contribution in [-0.4, -0.2) is 18.0 Å². The molecular formula is C12H24N2O. The van der Waals surface area contributed by atoms with Crippen molar-refractivity contribution in [3.05, 3.63) is 0 Å². The van der Waals surface area contributed by atoms with Gasteiger partial charge in [0.05, 0.1) is 5.41 Å². The van der Waals surface area contributed by atoms with E-state index >= 15 is 0 Å². The third kappa shape index (κ3) is 2.51. The van der Waals surface area contributed by atoms with E-state index < -0.39 is 0 Å². The van der Waals surface area contributed by atoms with Gasteiger partial charge in [-0.25, -0.2) is 0 Å². The van der Waals surface area contributed by atoms with Gasteiger partial charge in [-0.1, -0.05) is 13.8 Å². The summed E-state index contributed by atoms with van der Waals surface area (Å²) >= 11 is 0. The van der Waals surface area contributed by atoms with Crippen LogP contribution in [0.4, 0.5) is 0 Å². The molecule has 0 atom stereocenters. The Hall–Kier alpha value is -0.570. The molecule has 1 aliphatic rings. The Morgan fingerprint density at radius 2 is 2.07 bits per heavy atom. The smallest absolute Gasteiger partial charge is 0.227 e. The second kappa shape index (κ2) is 4.12. The third-order valence-corrected chi connectivity index (χ3v) is 3.69. The first-order valence-corrected chi connectivity index (χ1v) is 5.88. The van der Waals surface area contributed by atoms with E-state index in [2.05, 4.69) is 33.0 Å². The Kier molecular flexibility index (Phi) is 3.44. The van der Waals surface area contributed by atoms with Crippen LogP contribution < -0.4 is 11.1 Å². The molecule has 0 aromatic rings. The zero-order chi connectivity index (χ0) is 11.7. The first-order valence-electron chi connectivity index (χ1n) is 5.88. The van der Waals surface area contributed by atoms with Gasteiger partial charge in [0.15, 0.2) is 0 Å². The van der Waals surface area contributed by atoms with E-state index in [9.17, 15) is 4.79 Å². The maximum absolute atomic E-state index is 12.1. The Labute approximate surface area is 92.8 Å². The van der Waals surface area contributed by atoms with Gasteiger partial charge in [0.25, 0.3) is 0 Å². The van der Waals surface area contributed by atoms with Crippen molar-refractivity contribution in [3.8, 4) is 0 Å². The van der Waals surface area contributed by atoms with Crippen LogP contribution in [0.2, 0.25) is 0 Å². The van der Waals surface area contributed by atoms with Crippen molar-refractivity contribution in [2.24, 2.45) is 17.1 Å². The average molecular weight is 212 g/mol. The van der Waals surface area contributed by atoms with Crippen molar-refractivity contribution >= 4 is 5.91 Å². The summed E-state index contributed by atoms with van der Waals surface area (Å²) in [5.74, 6) is 0.791. The minimum Gasteiger partial charge on any atom is -0.351 e. The molecule has 3 nitrogen and oxygen atoms in total. The van der Waals surface area contributed by atoms with Crippen LogP contribution in [0.1, 0.15) is 47.0 Å². The Morgan fingerprint density at radius 3 is 2.40 bits per heavy atom. The molecule has 0 aliphatic heterocycles. The highest BCUT2D eigenvalue weighted by Crippen LogP contribution is 2.45. The number of carbonyl (C=O) groups excluding carboxylic acids is 1. The molecule has 0 bridgehead atoms. The number of nitrogens with two attached hydrogens (primary N) is 1. The lowest BCUT2D eigenvalue weighted by Crippen LogP contribution is -2.57. The summed E-state index contributed by atoms with van der Waals surface area (Å²) in [6.07, 6.45) is 2.82. The number of rotatable bonds is 4. The third-order valence-electron chi connectivity index (χ3n) is 3.69. The Balaban J connectivity index is 2.60. The summed E-state index contributed by atoms with van der Waals surface area (Å²) < 4.78 is 0. The van der Waals surface area contributed by atoms with Gasteiger partial charge in [-0.3, -0.25) is 4.79 Å². The van der Waals surface area contributed by atoms with Crippen LogP contribution in [0, 0.1) is 11.3 Å². The molecular weight excluding hydrogens is 188 g/mol. The quantitative estimate of drug-likeness (QED) is 0.744. The fraction of sp³-hybridized carbons (Fsp3) is 0.917. The monoisotopic (exact) mass is 212 g/mol. The summed E-state index contributed by atoms with van der Waals surface area (Å²) in [7, 11) is 0. The summed E-state index contributed by atoms with van der Waals surface area (Å²) in [6, 6.07) is 0. The molecule has 3 heteroatoms. The van der Waals surface area contributed by atoms with Crippen LogP contribution in [0.3, 0.4) is 0 Å². The van der Waals surface area contributed by atoms with E-state index in [0.717, 1.165) is 19.3 Å². The Bertz CT molecular complexity index is 242. The van der Waals surface area contributed by atoms with Crippen molar-refractivity contribution in [3.63, 3.8) is 0 Å².